The summed E-state index contributed by atoms with van der Waals surface area (Å²) >= 11 is 0. The van der Waals surface area contributed by atoms with E-state index in [4.69, 9.17) is 9.52 Å². The Balaban J connectivity index is 2.65. The molecular formula is C7H8O4. The van der Waals surface area contributed by atoms with Crippen LogP contribution in [0.25, 0.3) is 0 Å². The predicted octanol–water partition coefficient (Wildman–Crippen LogP) is 1.90. The lowest BCUT2D eigenvalue weighted by atomic mass is 10.4. The summed E-state index contributed by atoms with van der Waals surface area (Å²) in [5.41, 5.74) is 0. The van der Waals surface area contributed by atoms with Crippen LogP contribution in [-0.2, 0) is 6.42 Å². The maximum absolute atomic E-state index is 9.98. The maximum Gasteiger partial charge on any atom is 0.513 e. The van der Waals surface area contributed by atoms with Crippen molar-refractivity contribution >= 4 is 6.16 Å². The fourth-order valence-electron chi connectivity index (χ4n) is 0.689. The summed E-state index contributed by atoms with van der Waals surface area (Å²) in [5.74, 6) is 0.732. The van der Waals surface area contributed by atoms with Gasteiger partial charge in [-0.3, -0.25) is 0 Å². The van der Waals surface area contributed by atoms with Crippen molar-refractivity contribution in [2.24, 2.45) is 0 Å². The normalized spacial score (nSPS) is 9.55. The number of rotatable bonds is 2. The van der Waals surface area contributed by atoms with E-state index < -0.39 is 6.16 Å². The van der Waals surface area contributed by atoms with E-state index in [1.165, 1.54) is 6.07 Å². The Bertz CT molecular complexity index is 251. The lowest BCUT2D eigenvalue weighted by Gasteiger charge is -1.91. The molecule has 1 aromatic rings. The molecule has 4 heteroatoms. The van der Waals surface area contributed by atoms with E-state index in [-0.39, 0.29) is 5.95 Å². The monoisotopic (exact) mass is 156 g/mol. The summed E-state index contributed by atoms with van der Waals surface area (Å²) in [6.45, 7) is 1.91. The van der Waals surface area contributed by atoms with E-state index in [2.05, 4.69) is 4.74 Å². The Morgan fingerprint density at radius 1 is 1.73 bits per heavy atom. The van der Waals surface area contributed by atoms with Gasteiger partial charge in [0, 0.05) is 12.5 Å². The predicted molar refractivity (Wildman–Crippen MR) is 36.7 cm³/mol. The molecule has 0 aliphatic rings. The number of hydrogen-bond donors (Lipinski definition) is 1. The first-order valence-corrected chi connectivity index (χ1v) is 3.22. The molecule has 0 saturated heterocycles. The van der Waals surface area contributed by atoms with Gasteiger partial charge in [-0.25, -0.2) is 4.79 Å². The zero-order chi connectivity index (χ0) is 8.27. The van der Waals surface area contributed by atoms with Crippen molar-refractivity contribution in [2.45, 2.75) is 13.3 Å². The zero-order valence-electron chi connectivity index (χ0n) is 6.03. The van der Waals surface area contributed by atoms with Crippen LogP contribution >= 0.6 is 0 Å². The molecule has 0 atom stereocenters. The minimum atomic E-state index is -1.36. The van der Waals surface area contributed by atoms with Gasteiger partial charge in [0.25, 0.3) is 5.95 Å². The first kappa shape index (κ1) is 7.65. The quantitative estimate of drug-likeness (QED) is 0.664. The molecule has 0 fully saturated rings. The van der Waals surface area contributed by atoms with Crippen LogP contribution in [0.2, 0.25) is 0 Å². The van der Waals surface area contributed by atoms with Crippen LogP contribution in [0.15, 0.2) is 16.5 Å². The van der Waals surface area contributed by atoms with Gasteiger partial charge in [-0.1, -0.05) is 6.92 Å². The number of carboxylic acid groups (broad SMARTS) is 1. The topological polar surface area (TPSA) is 59.7 Å². The summed E-state index contributed by atoms with van der Waals surface area (Å²) in [6.07, 6.45) is -0.634. The van der Waals surface area contributed by atoms with Crippen LogP contribution in [0.1, 0.15) is 12.7 Å². The molecule has 0 radical (unpaired) electrons. The average Bonchev–Trinajstić information content (AvgIpc) is 2.34. The van der Waals surface area contributed by atoms with Gasteiger partial charge in [0.2, 0.25) is 0 Å². The molecule has 0 spiro atoms. The molecule has 1 rings (SSSR count). The van der Waals surface area contributed by atoms with Gasteiger partial charge in [-0.05, 0) is 6.07 Å². The number of hydrogen-bond acceptors (Lipinski definition) is 3. The van der Waals surface area contributed by atoms with Gasteiger partial charge in [0.05, 0.1) is 0 Å². The first-order valence-electron chi connectivity index (χ1n) is 3.22. The highest BCUT2D eigenvalue weighted by Crippen LogP contribution is 2.15. The third-order valence-electron chi connectivity index (χ3n) is 1.17. The highest BCUT2D eigenvalue weighted by molar-refractivity contribution is 5.59. The summed E-state index contributed by atoms with van der Waals surface area (Å²) in [6, 6.07) is 3.16. The molecule has 0 aromatic carbocycles. The number of aryl methyl sites for hydroxylation is 1. The van der Waals surface area contributed by atoms with Crippen molar-refractivity contribution in [1.29, 1.82) is 0 Å². The number of furan rings is 1. The van der Waals surface area contributed by atoms with Crippen molar-refractivity contribution in [1.82, 2.24) is 0 Å². The Kier molecular flexibility index (Phi) is 2.15. The van der Waals surface area contributed by atoms with Crippen molar-refractivity contribution in [2.75, 3.05) is 0 Å². The summed E-state index contributed by atoms with van der Waals surface area (Å²) in [7, 11) is 0. The van der Waals surface area contributed by atoms with Gasteiger partial charge in [0.1, 0.15) is 5.76 Å². The fraction of sp³-hybridized carbons (Fsp3) is 0.286. The van der Waals surface area contributed by atoms with Crippen molar-refractivity contribution < 1.29 is 19.1 Å². The third kappa shape index (κ3) is 2.00. The molecule has 0 unspecified atom stereocenters. The standard InChI is InChI=1S/C7H8O4/c1-2-5-3-4-6(10-5)11-7(8)9/h3-4H,2H2,1H3,(H,8,9). The van der Waals surface area contributed by atoms with E-state index >= 15 is 0 Å². The molecule has 0 amide bonds. The minimum Gasteiger partial charge on any atom is -0.449 e. The van der Waals surface area contributed by atoms with Gasteiger partial charge in [0.15, 0.2) is 0 Å². The summed E-state index contributed by atoms with van der Waals surface area (Å²) in [5, 5.41) is 8.17. The van der Waals surface area contributed by atoms with Gasteiger partial charge < -0.3 is 14.3 Å². The summed E-state index contributed by atoms with van der Waals surface area (Å²) < 4.78 is 9.19. The van der Waals surface area contributed by atoms with Crippen LogP contribution in [0.3, 0.4) is 0 Å². The molecule has 4 nitrogen and oxygen atoms in total. The maximum atomic E-state index is 9.98. The molecule has 0 bridgehead atoms. The molecule has 0 aliphatic heterocycles. The van der Waals surface area contributed by atoms with E-state index in [0.717, 1.165) is 6.42 Å². The Labute approximate surface area is 63.4 Å². The van der Waals surface area contributed by atoms with Crippen molar-refractivity contribution in [3.8, 4) is 5.95 Å². The molecular weight excluding hydrogens is 148 g/mol. The number of carbonyl (C=O) groups is 1. The molecule has 0 aliphatic carbocycles. The van der Waals surface area contributed by atoms with Crippen LogP contribution < -0.4 is 4.74 Å². The second-order valence-corrected chi connectivity index (χ2v) is 1.94. The van der Waals surface area contributed by atoms with Crippen molar-refractivity contribution in [3.05, 3.63) is 17.9 Å². The lowest BCUT2D eigenvalue weighted by molar-refractivity contribution is 0.132. The number of ether oxygens (including phenoxy) is 1. The molecule has 1 heterocycles. The Morgan fingerprint density at radius 3 is 2.91 bits per heavy atom. The van der Waals surface area contributed by atoms with Crippen LogP contribution in [0, 0.1) is 0 Å². The van der Waals surface area contributed by atoms with E-state index in [0.29, 0.717) is 5.76 Å². The fourth-order valence-corrected chi connectivity index (χ4v) is 0.689. The average molecular weight is 156 g/mol. The van der Waals surface area contributed by atoms with Gasteiger partial charge in [-0.2, -0.15) is 0 Å². The van der Waals surface area contributed by atoms with E-state index in [9.17, 15) is 4.79 Å². The van der Waals surface area contributed by atoms with Crippen molar-refractivity contribution in [3.63, 3.8) is 0 Å². The Hall–Kier alpha value is -1.45. The van der Waals surface area contributed by atoms with Gasteiger partial charge >= 0.3 is 6.16 Å². The SMILES string of the molecule is CCc1ccc(OC(=O)O)o1. The molecule has 0 saturated carbocycles. The van der Waals surface area contributed by atoms with E-state index in [1.807, 2.05) is 6.92 Å². The second kappa shape index (κ2) is 3.09. The largest absolute Gasteiger partial charge is 0.513 e. The first-order chi connectivity index (χ1) is 5.22. The Morgan fingerprint density at radius 2 is 2.45 bits per heavy atom. The molecule has 60 valence electrons. The highest BCUT2D eigenvalue weighted by Gasteiger charge is 2.04. The highest BCUT2D eigenvalue weighted by atomic mass is 16.7. The third-order valence-corrected chi connectivity index (χ3v) is 1.17. The minimum absolute atomic E-state index is 0.0225. The van der Waals surface area contributed by atoms with Gasteiger partial charge in [-0.15, -0.1) is 0 Å². The van der Waals surface area contributed by atoms with E-state index in [1.54, 1.807) is 6.07 Å². The van der Waals surface area contributed by atoms with Crippen LogP contribution in [0.5, 0.6) is 5.95 Å². The second-order valence-electron chi connectivity index (χ2n) is 1.94. The smallest absolute Gasteiger partial charge is 0.449 e. The molecule has 1 N–H and O–H groups in total. The zero-order valence-corrected chi connectivity index (χ0v) is 6.03. The molecule has 11 heavy (non-hydrogen) atoms. The van der Waals surface area contributed by atoms with Crippen LogP contribution in [-0.4, -0.2) is 11.3 Å². The van der Waals surface area contributed by atoms with Crippen LogP contribution in [0.4, 0.5) is 4.79 Å². The summed E-state index contributed by atoms with van der Waals surface area (Å²) in [4.78, 5) is 9.98. The molecule has 1 aromatic heterocycles. The lowest BCUT2D eigenvalue weighted by Crippen LogP contribution is -2.01.